The lowest BCUT2D eigenvalue weighted by Gasteiger charge is -2.32. The van der Waals surface area contributed by atoms with Crippen LogP contribution >= 0.6 is 24.0 Å². The third kappa shape index (κ3) is 4.18. The van der Waals surface area contributed by atoms with Gasteiger partial charge in [-0.05, 0) is 49.8 Å². The molecule has 0 saturated carbocycles. The van der Waals surface area contributed by atoms with Crippen LogP contribution in [0.1, 0.15) is 37.3 Å². The van der Waals surface area contributed by atoms with E-state index < -0.39 is 15.9 Å². The number of thioether (sulfide) groups is 1. The van der Waals surface area contributed by atoms with Crippen molar-refractivity contribution in [2.45, 2.75) is 39.2 Å². The number of sulfone groups is 1. The van der Waals surface area contributed by atoms with Crippen LogP contribution < -0.4 is 10.5 Å². The average molecular weight is 519 g/mol. The zero-order valence-corrected chi connectivity index (χ0v) is 21.5. The van der Waals surface area contributed by atoms with Crippen molar-refractivity contribution in [3.8, 4) is 0 Å². The molecule has 2 unspecified atom stereocenters. The highest BCUT2D eigenvalue weighted by molar-refractivity contribution is 8.26. The first kappa shape index (κ1) is 23.5. The van der Waals surface area contributed by atoms with Crippen LogP contribution in [0.3, 0.4) is 0 Å². The number of carbonyl (C=O) groups excluding carboxylic acids is 1. The van der Waals surface area contributed by atoms with Crippen molar-refractivity contribution in [1.29, 1.82) is 0 Å². The van der Waals surface area contributed by atoms with E-state index in [0.29, 0.717) is 38.6 Å². The number of rotatable bonds is 3. The van der Waals surface area contributed by atoms with E-state index in [9.17, 15) is 18.0 Å². The van der Waals surface area contributed by atoms with Gasteiger partial charge < -0.3 is 4.90 Å². The van der Waals surface area contributed by atoms with Gasteiger partial charge in [-0.2, -0.15) is 0 Å². The maximum absolute atomic E-state index is 13.6. The smallest absolute Gasteiger partial charge is 0.267 e. The number of thiocarbonyl (C=S) groups is 1. The molecule has 180 valence electrons. The molecule has 1 amide bonds. The van der Waals surface area contributed by atoms with Crippen LogP contribution in [0.15, 0.2) is 28.0 Å². The van der Waals surface area contributed by atoms with Crippen LogP contribution in [0.2, 0.25) is 0 Å². The Morgan fingerprint density at radius 2 is 2.06 bits per heavy atom. The summed E-state index contributed by atoms with van der Waals surface area (Å²) >= 11 is 6.56. The number of anilines is 1. The summed E-state index contributed by atoms with van der Waals surface area (Å²) in [7, 11) is -3.17. The van der Waals surface area contributed by atoms with E-state index in [1.165, 1.54) is 9.30 Å². The predicted octanol–water partition coefficient (Wildman–Crippen LogP) is 2.63. The van der Waals surface area contributed by atoms with E-state index >= 15 is 0 Å². The van der Waals surface area contributed by atoms with Crippen molar-refractivity contribution in [3.63, 3.8) is 0 Å². The minimum atomic E-state index is -3.17. The first-order chi connectivity index (χ1) is 16.1. The molecule has 5 rings (SSSR count). The second-order valence-corrected chi connectivity index (χ2v) is 13.2. The van der Waals surface area contributed by atoms with Gasteiger partial charge >= 0.3 is 0 Å². The summed E-state index contributed by atoms with van der Waals surface area (Å²) < 4.78 is 25.8. The van der Waals surface area contributed by atoms with Crippen molar-refractivity contribution >= 4 is 61.6 Å². The third-order valence-corrected chi connectivity index (χ3v) is 9.77. The maximum Gasteiger partial charge on any atom is 0.267 e. The molecule has 0 N–H and O–H groups in total. The van der Waals surface area contributed by atoms with Gasteiger partial charge in [0.15, 0.2) is 9.84 Å². The fourth-order valence-electron chi connectivity index (χ4n) is 4.95. The quantitative estimate of drug-likeness (QED) is 0.452. The van der Waals surface area contributed by atoms with Gasteiger partial charge in [-0.3, -0.25) is 18.9 Å². The molecule has 0 bridgehead atoms. The fourth-order valence-corrected chi connectivity index (χ4v) is 8.04. The maximum atomic E-state index is 13.6. The number of hydrogen-bond acceptors (Lipinski definition) is 8. The molecule has 3 aliphatic heterocycles. The van der Waals surface area contributed by atoms with Gasteiger partial charge in [-0.15, -0.1) is 0 Å². The molecule has 3 saturated heterocycles. The number of hydrogen-bond donors (Lipinski definition) is 0. The van der Waals surface area contributed by atoms with Gasteiger partial charge in [-0.1, -0.05) is 37.0 Å². The highest BCUT2D eigenvalue weighted by Gasteiger charge is 2.42. The topological polar surface area (TPSA) is 92.1 Å². The molecule has 0 aliphatic carbocycles. The van der Waals surface area contributed by atoms with Gasteiger partial charge in [0.2, 0.25) is 0 Å². The number of nitrogens with zero attached hydrogens (tertiary/aromatic N) is 4. The molecule has 0 radical (unpaired) electrons. The number of piperidine rings is 1. The monoisotopic (exact) mass is 518 g/mol. The van der Waals surface area contributed by atoms with E-state index in [2.05, 4.69) is 11.8 Å². The number of pyridine rings is 1. The molecular weight excluding hydrogens is 492 g/mol. The van der Waals surface area contributed by atoms with Crippen molar-refractivity contribution in [3.05, 3.63) is 44.7 Å². The Bertz CT molecular complexity index is 1400. The molecule has 2 aromatic heterocycles. The standard InChI is InChI=1S/C23H26N4O4S3/c1-14-5-3-8-25(12-14)20-17(21(28)26-9-4-6-15(2)19(26)24-20)11-18-22(29)27(23(32)33-18)16-7-10-34(30,31)13-16/h4,6,9,11,14,16H,3,5,7-8,10,12-13H2,1-2H3/b18-11+. The molecule has 5 heterocycles. The van der Waals surface area contributed by atoms with E-state index in [-0.39, 0.29) is 23.0 Å². The summed E-state index contributed by atoms with van der Waals surface area (Å²) in [5, 5.41) is 0. The molecule has 3 aliphatic rings. The third-order valence-electron chi connectivity index (χ3n) is 6.69. The molecule has 2 atom stereocenters. The minimum absolute atomic E-state index is 0.0559. The van der Waals surface area contributed by atoms with Crippen LogP contribution in [0.25, 0.3) is 11.7 Å². The molecule has 2 aromatic rings. The zero-order valence-electron chi connectivity index (χ0n) is 19.1. The zero-order chi connectivity index (χ0) is 24.2. The SMILES string of the molecule is Cc1cccn2c(=O)c(/C=C3/SC(=S)N(C4CCS(=O)(=O)C4)C3=O)c(N3CCCC(C)C3)nc12. The second-order valence-electron chi connectivity index (χ2n) is 9.34. The Hall–Kier alpha value is -2.24. The normalized spacial score (nSPS) is 26.2. The highest BCUT2D eigenvalue weighted by Crippen LogP contribution is 2.37. The van der Waals surface area contributed by atoms with Gasteiger partial charge in [-0.25, -0.2) is 13.4 Å². The Morgan fingerprint density at radius 1 is 1.26 bits per heavy atom. The summed E-state index contributed by atoms with van der Waals surface area (Å²) in [4.78, 5) is 35.7. The lowest BCUT2D eigenvalue weighted by molar-refractivity contribution is -0.123. The van der Waals surface area contributed by atoms with Crippen molar-refractivity contribution in [2.24, 2.45) is 5.92 Å². The predicted molar refractivity (Wildman–Crippen MR) is 139 cm³/mol. The molecule has 11 heteroatoms. The van der Waals surface area contributed by atoms with Crippen molar-refractivity contribution in [2.75, 3.05) is 29.5 Å². The average Bonchev–Trinajstić information content (AvgIpc) is 3.27. The largest absolute Gasteiger partial charge is 0.356 e. The number of aromatic nitrogens is 2. The molecule has 3 fully saturated rings. The van der Waals surface area contributed by atoms with Crippen LogP contribution in [-0.2, 0) is 14.6 Å². The summed E-state index contributed by atoms with van der Waals surface area (Å²) in [6.45, 7) is 5.69. The second kappa shape index (κ2) is 8.76. The van der Waals surface area contributed by atoms with Crippen LogP contribution in [0, 0.1) is 12.8 Å². The minimum Gasteiger partial charge on any atom is -0.356 e. The van der Waals surface area contributed by atoms with E-state index in [1.807, 2.05) is 13.0 Å². The summed E-state index contributed by atoms with van der Waals surface area (Å²) in [5.74, 6) is 0.688. The number of fused-ring (bicyclic) bond motifs is 1. The highest BCUT2D eigenvalue weighted by atomic mass is 32.2. The van der Waals surface area contributed by atoms with Crippen LogP contribution in [0.5, 0.6) is 0 Å². The fraction of sp³-hybridized carbons (Fsp3) is 0.478. The van der Waals surface area contributed by atoms with Crippen LogP contribution in [0.4, 0.5) is 5.82 Å². The summed E-state index contributed by atoms with van der Waals surface area (Å²) in [6, 6.07) is 3.27. The first-order valence-electron chi connectivity index (χ1n) is 11.4. The molecule has 0 spiro atoms. The van der Waals surface area contributed by atoms with Crippen molar-refractivity contribution < 1.29 is 13.2 Å². The number of carbonyl (C=O) groups is 1. The van der Waals surface area contributed by atoms with Gasteiger partial charge in [0.1, 0.15) is 15.8 Å². The molecule has 34 heavy (non-hydrogen) atoms. The van der Waals surface area contributed by atoms with Gasteiger partial charge in [0.05, 0.1) is 28.0 Å². The lowest BCUT2D eigenvalue weighted by atomic mass is 10.00. The Balaban J connectivity index is 1.61. The van der Waals surface area contributed by atoms with E-state index in [1.54, 1.807) is 18.3 Å². The Labute approximate surface area is 207 Å². The summed E-state index contributed by atoms with van der Waals surface area (Å²) in [6.07, 6.45) is 5.79. The lowest BCUT2D eigenvalue weighted by Crippen LogP contribution is -2.39. The molecular formula is C23H26N4O4S3. The number of amides is 1. The molecule has 0 aromatic carbocycles. The Morgan fingerprint density at radius 3 is 2.76 bits per heavy atom. The van der Waals surface area contributed by atoms with Gasteiger partial charge in [0, 0.05) is 19.3 Å². The van der Waals surface area contributed by atoms with Crippen molar-refractivity contribution in [1.82, 2.24) is 14.3 Å². The van der Waals surface area contributed by atoms with E-state index in [0.717, 1.165) is 43.3 Å². The number of aryl methyl sites for hydroxylation is 1. The first-order valence-corrected chi connectivity index (χ1v) is 14.4. The Kier molecular flexibility index (Phi) is 6.06. The molecule has 8 nitrogen and oxygen atoms in total. The van der Waals surface area contributed by atoms with Crippen LogP contribution in [-0.4, -0.2) is 63.6 Å². The van der Waals surface area contributed by atoms with Gasteiger partial charge in [0.25, 0.3) is 11.5 Å². The summed E-state index contributed by atoms with van der Waals surface area (Å²) in [5.41, 5.74) is 1.61. The van der Waals surface area contributed by atoms with E-state index in [4.69, 9.17) is 17.2 Å².